The Morgan fingerprint density at radius 2 is 1.76 bits per heavy atom. The minimum absolute atomic E-state index is 0.284. The van der Waals surface area contributed by atoms with Gasteiger partial charge in [-0.15, -0.1) is 0 Å². The highest BCUT2D eigenvalue weighted by atomic mass is 79.9. The van der Waals surface area contributed by atoms with Crippen molar-refractivity contribution in [3.05, 3.63) is 70.2 Å². The van der Waals surface area contributed by atoms with E-state index in [0.29, 0.717) is 18.4 Å². The zero-order valence-corrected chi connectivity index (χ0v) is 15.8. The molecule has 1 saturated carbocycles. The fourth-order valence-electron chi connectivity index (χ4n) is 4.18. The van der Waals surface area contributed by atoms with Gasteiger partial charge in [-0.2, -0.15) is 0 Å². The average Bonchev–Trinajstić information content (AvgIpc) is 3.34. The van der Waals surface area contributed by atoms with Crippen LogP contribution in [0.15, 0.2) is 59.1 Å². The zero-order valence-electron chi connectivity index (χ0n) is 14.2. The highest BCUT2D eigenvalue weighted by Crippen LogP contribution is 2.51. The van der Waals surface area contributed by atoms with Gasteiger partial charge < -0.3 is 10.6 Å². The Labute approximate surface area is 157 Å². The molecule has 2 aliphatic rings. The van der Waals surface area contributed by atoms with Gasteiger partial charge in [0, 0.05) is 23.5 Å². The van der Waals surface area contributed by atoms with E-state index in [1.807, 2.05) is 18.2 Å². The molecule has 1 heterocycles. The number of benzene rings is 2. The number of carbonyl (C=O) groups excluding carboxylic acids is 1. The van der Waals surface area contributed by atoms with Crippen LogP contribution in [-0.2, 0) is 10.2 Å². The molecule has 0 aromatic heterocycles. The number of nitrogens with zero attached hydrogens (tertiary/aromatic N) is 1. The van der Waals surface area contributed by atoms with Crippen molar-refractivity contribution < 1.29 is 4.79 Å². The molecule has 0 unspecified atom stereocenters. The molecule has 130 valence electrons. The van der Waals surface area contributed by atoms with Gasteiger partial charge in [0.15, 0.2) is 0 Å². The van der Waals surface area contributed by atoms with Crippen LogP contribution < -0.4 is 5.73 Å². The largest absolute Gasteiger partial charge is 0.341 e. The molecule has 1 aliphatic heterocycles. The molecule has 0 spiro atoms. The first-order valence-corrected chi connectivity index (χ1v) is 9.74. The number of carbonyl (C=O) groups is 1. The molecule has 2 atom stereocenters. The van der Waals surface area contributed by atoms with Crippen LogP contribution in [0.1, 0.15) is 29.9 Å². The van der Waals surface area contributed by atoms with Crippen molar-refractivity contribution >= 4 is 21.8 Å². The minimum Gasteiger partial charge on any atom is -0.341 e. The van der Waals surface area contributed by atoms with Crippen LogP contribution in [0.3, 0.4) is 0 Å². The summed E-state index contributed by atoms with van der Waals surface area (Å²) in [5, 5.41) is 0. The topological polar surface area (TPSA) is 46.3 Å². The molecular formula is C21H23BrN2O. The number of hydrogen-bond donors (Lipinski definition) is 1. The molecule has 1 aliphatic carbocycles. The van der Waals surface area contributed by atoms with Crippen molar-refractivity contribution in [3.63, 3.8) is 0 Å². The quantitative estimate of drug-likeness (QED) is 0.853. The predicted molar refractivity (Wildman–Crippen MR) is 103 cm³/mol. The van der Waals surface area contributed by atoms with Gasteiger partial charge in [-0.25, -0.2) is 0 Å². The number of hydrogen-bond acceptors (Lipinski definition) is 2. The number of likely N-dealkylation sites (tertiary alicyclic amines) is 1. The van der Waals surface area contributed by atoms with Crippen LogP contribution in [0.4, 0.5) is 0 Å². The molecular weight excluding hydrogens is 376 g/mol. The molecule has 3 nitrogen and oxygen atoms in total. The summed E-state index contributed by atoms with van der Waals surface area (Å²) in [6.45, 7) is 2.17. The summed E-state index contributed by atoms with van der Waals surface area (Å²) in [5.41, 5.74) is 8.17. The first-order valence-electron chi connectivity index (χ1n) is 8.94. The Morgan fingerprint density at radius 3 is 2.36 bits per heavy atom. The SMILES string of the molecule is NC[C@@H]1CN(C(=O)C2(c3ccc(Br)cc3)CC2)C[C@H]1c1ccccc1. The highest BCUT2D eigenvalue weighted by molar-refractivity contribution is 9.10. The molecule has 4 rings (SSSR count). The number of halogens is 1. The molecule has 2 aromatic carbocycles. The summed E-state index contributed by atoms with van der Waals surface area (Å²) < 4.78 is 1.05. The third-order valence-electron chi connectivity index (χ3n) is 5.81. The second-order valence-electron chi connectivity index (χ2n) is 7.31. The number of rotatable bonds is 4. The summed E-state index contributed by atoms with van der Waals surface area (Å²) in [5.74, 6) is 0.967. The first-order chi connectivity index (χ1) is 12.1. The van der Waals surface area contributed by atoms with Gasteiger partial charge in [-0.3, -0.25) is 4.79 Å². The molecule has 1 amide bonds. The van der Waals surface area contributed by atoms with Gasteiger partial charge in [0.05, 0.1) is 5.41 Å². The van der Waals surface area contributed by atoms with Gasteiger partial charge >= 0.3 is 0 Å². The van der Waals surface area contributed by atoms with Crippen molar-refractivity contribution in [2.24, 2.45) is 11.7 Å². The second kappa shape index (κ2) is 6.58. The fraction of sp³-hybridized carbons (Fsp3) is 0.381. The van der Waals surface area contributed by atoms with Crippen molar-refractivity contribution in [1.29, 1.82) is 0 Å². The Bertz CT molecular complexity index is 755. The van der Waals surface area contributed by atoms with Crippen molar-refractivity contribution in [2.75, 3.05) is 19.6 Å². The van der Waals surface area contributed by atoms with E-state index in [9.17, 15) is 4.79 Å². The van der Waals surface area contributed by atoms with Gasteiger partial charge in [-0.1, -0.05) is 58.4 Å². The van der Waals surface area contributed by atoms with E-state index in [1.54, 1.807) is 0 Å². The monoisotopic (exact) mass is 398 g/mol. The Balaban J connectivity index is 1.56. The third-order valence-corrected chi connectivity index (χ3v) is 6.34. The van der Waals surface area contributed by atoms with Gasteiger partial charge in [0.1, 0.15) is 0 Å². The molecule has 4 heteroatoms. The van der Waals surface area contributed by atoms with Crippen molar-refractivity contribution in [3.8, 4) is 0 Å². The lowest BCUT2D eigenvalue weighted by molar-refractivity contribution is -0.133. The van der Waals surface area contributed by atoms with E-state index in [4.69, 9.17) is 5.73 Å². The maximum absolute atomic E-state index is 13.3. The molecule has 0 bridgehead atoms. The third kappa shape index (κ3) is 3.02. The standard InChI is InChI=1S/C21H23BrN2O/c22-18-8-6-17(7-9-18)21(10-11-21)20(25)24-13-16(12-23)19(14-24)15-4-2-1-3-5-15/h1-9,16,19H,10-14,23H2/t16-,19+/m1/s1. The molecule has 2 aromatic rings. The average molecular weight is 399 g/mol. The minimum atomic E-state index is -0.300. The van der Waals surface area contributed by atoms with E-state index in [1.165, 1.54) is 5.56 Å². The van der Waals surface area contributed by atoms with E-state index in [0.717, 1.165) is 36.0 Å². The van der Waals surface area contributed by atoms with Crippen LogP contribution in [-0.4, -0.2) is 30.4 Å². The van der Waals surface area contributed by atoms with Gasteiger partial charge in [-0.05, 0) is 48.6 Å². The Hall–Kier alpha value is -1.65. The Morgan fingerprint density at radius 1 is 1.08 bits per heavy atom. The smallest absolute Gasteiger partial charge is 0.233 e. The van der Waals surface area contributed by atoms with E-state index < -0.39 is 0 Å². The molecule has 2 N–H and O–H groups in total. The summed E-state index contributed by atoms with van der Waals surface area (Å²) in [4.78, 5) is 15.4. The number of nitrogens with two attached hydrogens (primary N) is 1. The molecule has 2 fully saturated rings. The predicted octanol–water partition coefficient (Wildman–Crippen LogP) is 3.68. The summed E-state index contributed by atoms with van der Waals surface area (Å²) in [6, 6.07) is 18.7. The fourth-order valence-corrected chi connectivity index (χ4v) is 4.44. The summed E-state index contributed by atoms with van der Waals surface area (Å²) in [7, 11) is 0. The van der Waals surface area contributed by atoms with Crippen LogP contribution in [0, 0.1) is 5.92 Å². The molecule has 0 radical (unpaired) electrons. The number of amides is 1. The molecule has 25 heavy (non-hydrogen) atoms. The summed E-state index contributed by atoms with van der Waals surface area (Å²) in [6.07, 6.45) is 1.90. The van der Waals surface area contributed by atoms with Crippen LogP contribution in [0.25, 0.3) is 0 Å². The van der Waals surface area contributed by atoms with Crippen molar-refractivity contribution in [1.82, 2.24) is 4.90 Å². The lowest BCUT2D eigenvalue weighted by Gasteiger charge is -2.24. The van der Waals surface area contributed by atoms with Gasteiger partial charge in [0.25, 0.3) is 0 Å². The lowest BCUT2D eigenvalue weighted by atomic mass is 9.89. The van der Waals surface area contributed by atoms with Crippen LogP contribution in [0.2, 0.25) is 0 Å². The summed E-state index contributed by atoms with van der Waals surface area (Å²) >= 11 is 3.48. The van der Waals surface area contributed by atoms with E-state index in [2.05, 4.69) is 57.2 Å². The normalized spacial score (nSPS) is 24.3. The maximum atomic E-state index is 13.3. The Kier molecular flexibility index (Phi) is 4.42. The van der Waals surface area contributed by atoms with Gasteiger partial charge in [0.2, 0.25) is 5.91 Å². The second-order valence-corrected chi connectivity index (χ2v) is 8.23. The molecule has 1 saturated heterocycles. The van der Waals surface area contributed by atoms with E-state index >= 15 is 0 Å². The first kappa shape index (κ1) is 16.8. The van der Waals surface area contributed by atoms with Crippen molar-refractivity contribution in [2.45, 2.75) is 24.2 Å². The van der Waals surface area contributed by atoms with E-state index in [-0.39, 0.29) is 11.3 Å². The zero-order chi connectivity index (χ0) is 17.4. The highest BCUT2D eigenvalue weighted by Gasteiger charge is 2.54. The maximum Gasteiger partial charge on any atom is 0.233 e. The lowest BCUT2D eigenvalue weighted by Crippen LogP contribution is -2.38. The van der Waals surface area contributed by atoms with Crippen LogP contribution >= 0.6 is 15.9 Å². The van der Waals surface area contributed by atoms with Crippen LogP contribution in [0.5, 0.6) is 0 Å².